The summed E-state index contributed by atoms with van der Waals surface area (Å²) in [6.07, 6.45) is 4.60. The number of benzene rings is 1. The number of carbonyl (C=O) groups excluding carboxylic acids is 1. The number of esters is 1. The van der Waals surface area contributed by atoms with Gasteiger partial charge in [-0.3, -0.25) is 0 Å². The fraction of sp³-hybridized carbons (Fsp3) is 0.333. The first kappa shape index (κ1) is 15.0. The number of rotatable bonds is 6. The molecule has 0 unspecified atom stereocenters. The van der Waals surface area contributed by atoms with Crippen molar-refractivity contribution in [1.82, 2.24) is 9.55 Å². The Morgan fingerprint density at radius 2 is 2.29 bits per heavy atom. The number of carbonyl (C=O) groups is 1. The molecule has 0 spiro atoms. The van der Waals surface area contributed by atoms with Gasteiger partial charge in [-0.25, -0.2) is 14.2 Å². The van der Waals surface area contributed by atoms with Gasteiger partial charge in [0.15, 0.2) is 0 Å². The molecule has 1 N–H and O–H groups in total. The van der Waals surface area contributed by atoms with E-state index in [2.05, 4.69) is 22.0 Å². The van der Waals surface area contributed by atoms with Crippen molar-refractivity contribution in [2.45, 2.75) is 26.4 Å². The average Bonchev–Trinajstić information content (AvgIpc) is 2.93. The van der Waals surface area contributed by atoms with Crippen molar-refractivity contribution in [3.8, 4) is 0 Å². The lowest BCUT2D eigenvalue weighted by atomic mass is 10.2. The highest BCUT2D eigenvalue weighted by molar-refractivity contribution is 5.90. The summed E-state index contributed by atoms with van der Waals surface area (Å²) in [6, 6.07) is 4.08. The largest absolute Gasteiger partial charge is 0.465 e. The third-order valence-electron chi connectivity index (χ3n) is 3.09. The molecule has 0 bridgehead atoms. The molecule has 112 valence electrons. The summed E-state index contributed by atoms with van der Waals surface area (Å²) >= 11 is 0. The van der Waals surface area contributed by atoms with E-state index in [0.29, 0.717) is 12.1 Å². The molecule has 1 heterocycles. The number of imidazole rings is 1. The van der Waals surface area contributed by atoms with E-state index in [0.717, 1.165) is 18.8 Å². The molecule has 2 aromatic rings. The van der Waals surface area contributed by atoms with Crippen LogP contribution in [-0.4, -0.2) is 22.6 Å². The number of aryl methyl sites for hydroxylation is 1. The van der Waals surface area contributed by atoms with E-state index in [9.17, 15) is 9.18 Å². The Labute approximate surface area is 122 Å². The van der Waals surface area contributed by atoms with Gasteiger partial charge in [-0.2, -0.15) is 0 Å². The Morgan fingerprint density at radius 1 is 1.48 bits per heavy atom. The van der Waals surface area contributed by atoms with Crippen LogP contribution in [0.15, 0.2) is 30.6 Å². The second kappa shape index (κ2) is 6.88. The average molecular weight is 291 g/mol. The van der Waals surface area contributed by atoms with E-state index in [-0.39, 0.29) is 5.69 Å². The van der Waals surface area contributed by atoms with Crippen molar-refractivity contribution < 1.29 is 13.9 Å². The van der Waals surface area contributed by atoms with Crippen LogP contribution in [0.4, 0.5) is 10.1 Å². The first-order valence-electron chi connectivity index (χ1n) is 6.77. The third kappa shape index (κ3) is 3.59. The molecule has 0 amide bonds. The maximum Gasteiger partial charge on any atom is 0.337 e. The van der Waals surface area contributed by atoms with E-state index in [1.54, 1.807) is 6.20 Å². The van der Waals surface area contributed by atoms with Gasteiger partial charge in [-0.15, -0.1) is 0 Å². The minimum atomic E-state index is -0.495. The molecule has 0 fully saturated rings. The summed E-state index contributed by atoms with van der Waals surface area (Å²) in [5, 5.41) is 2.97. The molecule has 1 aromatic carbocycles. The Bertz CT molecular complexity index is 625. The molecule has 5 nitrogen and oxygen atoms in total. The Balaban J connectivity index is 2.12. The van der Waals surface area contributed by atoms with E-state index < -0.39 is 11.8 Å². The maximum absolute atomic E-state index is 13.8. The van der Waals surface area contributed by atoms with Crippen LogP contribution in [0.1, 0.15) is 29.5 Å². The highest BCUT2D eigenvalue weighted by Crippen LogP contribution is 2.17. The van der Waals surface area contributed by atoms with Gasteiger partial charge in [0.25, 0.3) is 0 Å². The van der Waals surface area contributed by atoms with Crippen molar-refractivity contribution in [3.63, 3.8) is 0 Å². The molecule has 0 atom stereocenters. The second-order valence-corrected chi connectivity index (χ2v) is 4.58. The van der Waals surface area contributed by atoms with Gasteiger partial charge in [-0.05, 0) is 24.6 Å². The number of nitrogens with zero attached hydrogens (tertiary/aromatic N) is 2. The van der Waals surface area contributed by atoms with Crippen molar-refractivity contribution in [2.75, 3.05) is 12.4 Å². The lowest BCUT2D eigenvalue weighted by Crippen LogP contribution is -2.10. The SMILES string of the molecule is CCCn1ccnc1CNc1cc(C(=O)OC)ccc1F. The number of hydrogen-bond acceptors (Lipinski definition) is 4. The fourth-order valence-electron chi connectivity index (χ4n) is 2.03. The van der Waals surface area contributed by atoms with E-state index in [4.69, 9.17) is 0 Å². The summed E-state index contributed by atoms with van der Waals surface area (Å²) in [7, 11) is 1.29. The molecule has 0 radical (unpaired) electrons. The number of halogens is 1. The summed E-state index contributed by atoms with van der Waals surface area (Å²) < 4.78 is 20.4. The Hall–Kier alpha value is -2.37. The predicted molar refractivity (Wildman–Crippen MR) is 77.6 cm³/mol. The van der Waals surface area contributed by atoms with Crippen molar-refractivity contribution >= 4 is 11.7 Å². The lowest BCUT2D eigenvalue weighted by molar-refractivity contribution is 0.0600. The topological polar surface area (TPSA) is 56.2 Å². The Kier molecular flexibility index (Phi) is 4.92. The first-order chi connectivity index (χ1) is 10.2. The molecule has 0 saturated heterocycles. The maximum atomic E-state index is 13.8. The predicted octanol–water partition coefficient (Wildman–Crippen LogP) is 2.83. The summed E-state index contributed by atoms with van der Waals surface area (Å²) in [4.78, 5) is 15.7. The molecule has 2 rings (SSSR count). The smallest absolute Gasteiger partial charge is 0.337 e. The number of ether oxygens (including phenoxy) is 1. The molecule has 0 aliphatic carbocycles. The zero-order valence-electron chi connectivity index (χ0n) is 12.1. The lowest BCUT2D eigenvalue weighted by Gasteiger charge is -2.10. The van der Waals surface area contributed by atoms with E-state index in [1.165, 1.54) is 25.3 Å². The van der Waals surface area contributed by atoms with Gasteiger partial charge < -0.3 is 14.6 Å². The van der Waals surface area contributed by atoms with Crippen LogP contribution in [0.2, 0.25) is 0 Å². The molecular weight excluding hydrogens is 273 g/mol. The molecule has 0 aliphatic heterocycles. The fourth-order valence-corrected chi connectivity index (χ4v) is 2.03. The van der Waals surface area contributed by atoms with Crippen LogP contribution >= 0.6 is 0 Å². The van der Waals surface area contributed by atoms with Gasteiger partial charge >= 0.3 is 5.97 Å². The van der Waals surface area contributed by atoms with Gasteiger partial charge in [0.05, 0.1) is 24.9 Å². The summed E-state index contributed by atoms with van der Waals surface area (Å²) in [5.74, 6) is -0.0958. The van der Waals surface area contributed by atoms with E-state index in [1.807, 2.05) is 10.8 Å². The minimum absolute atomic E-state index is 0.254. The van der Waals surface area contributed by atoms with Gasteiger partial charge in [0, 0.05) is 18.9 Å². The zero-order chi connectivity index (χ0) is 15.2. The van der Waals surface area contributed by atoms with E-state index >= 15 is 0 Å². The summed E-state index contributed by atoms with van der Waals surface area (Å²) in [5.41, 5.74) is 0.558. The Morgan fingerprint density at radius 3 is 3.00 bits per heavy atom. The summed E-state index contributed by atoms with van der Waals surface area (Å²) in [6.45, 7) is 3.33. The molecule has 6 heteroatoms. The highest BCUT2D eigenvalue weighted by atomic mass is 19.1. The third-order valence-corrected chi connectivity index (χ3v) is 3.09. The van der Waals surface area contributed by atoms with Crippen LogP contribution in [0.5, 0.6) is 0 Å². The number of aromatic nitrogens is 2. The first-order valence-corrected chi connectivity index (χ1v) is 6.77. The van der Waals surface area contributed by atoms with Crippen LogP contribution in [0, 0.1) is 5.82 Å². The van der Waals surface area contributed by atoms with Crippen LogP contribution < -0.4 is 5.32 Å². The number of hydrogen-bond donors (Lipinski definition) is 1. The number of anilines is 1. The van der Waals surface area contributed by atoms with Gasteiger partial charge in [-0.1, -0.05) is 6.92 Å². The molecule has 0 saturated carbocycles. The molecule has 1 aromatic heterocycles. The van der Waals surface area contributed by atoms with Crippen LogP contribution in [-0.2, 0) is 17.8 Å². The zero-order valence-corrected chi connectivity index (χ0v) is 12.1. The number of methoxy groups -OCH3 is 1. The normalized spacial score (nSPS) is 10.4. The standard InChI is InChI=1S/C15H18FN3O2/c1-3-7-19-8-6-17-14(19)10-18-13-9-11(15(20)21-2)4-5-12(13)16/h4-6,8-9,18H,3,7,10H2,1-2H3. The van der Waals surface area contributed by atoms with Crippen molar-refractivity contribution in [3.05, 3.63) is 47.8 Å². The minimum Gasteiger partial charge on any atom is -0.465 e. The second-order valence-electron chi connectivity index (χ2n) is 4.58. The number of nitrogens with one attached hydrogen (secondary N) is 1. The monoisotopic (exact) mass is 291 g/mol. The van der Waals surface area contributed by atoms with Crippen molar-refractivity contribution in [2.24, 2.45) is 0 Å². The van der Waals surface area contributed by atoms with Gasteiger partial charge in [0.2, 0.25) is 0 Å². The molecule has 0 aliphatic rings. The van der Waals surface area contributed by atoms with Gasteiger partial charge in [0.1, 0.15) is 11.6 Å². The van der Waals surface area contributed by atoms with Crippen LogP contribution in [0.25, 0.3) is 0 Å². The quantitative estimate of drug-likeness (QED) is 0.831. The van der Waals surface area contributed by atoms with Crippen molar-refractivity contribution in [1.29, 1.82) is 0 Å². The highest BCUT2D eigenvalue weighted by Gasteiger charge is 2.10. The van der Waals surface area contributed by atoms with Crippen LogP contribution in [0.3, 0.4) is 0 Å². The molecule has 21 heavy (non-hydrogen) atoms. The molecular formula is C15H18FN3O2.